The predicted octanol–water partition coefficient (Wildman–Crippen LogP) is 10.2. The third-order valence-corrected chi connectivity index (χ3v) is 7.20. The van der Waals surface area contributed by atoms with Crippen LogP contribution in [0.4, 0.5) is 0 Å². The number of hydrogen-bond donors (Lipinski definition) is 0. The molecule has 2 atom stereocenters. The van der Waals surface area contributed by atoms with Crippen LogP contribution >= 0.6 is 0 Å². The molecule has 0 radical (unpaired) electrons. The topological polar surface area (TPSA) is 43.2 Å². The van der Waals surface area contributed by atoms with Crippen LogP contribution in [-0.4, -0.2) is 37.1 Å². The second-order valence-electron chi connectivity index (χ2n) is 11.2. The summed E-state index contributed by atoms with van der Waals surface area (Å²) >= 11 is 0. The molecule has 0 N–H and O–H groups in total. The molecular weight excluding hydrogens is 444 g/mol. The molecule has 2 aliphatic heterocycles. The van der Waals surface area contributed by atoms with E-state index in [1.54, 1.807) is 0 Å². The molecule has 2 rings (SSSR count). The summed E-state index contributed by atoms with van der Waals surface area (Å²) in [5.74, 6) is 2.00. The van der Waals surface area contributed by atoms with Crippen LogP contribution in [-0.2, 0) is 9.47 Å². The number of ether oxygens (including phenoxy) is 2. The fourth-order valence-electron chi connectivity index (χ4n) is 4.88. The zero-order valence-corrected chi connectivity index (χ0v) is 24.8. The Kier molecular flexibility index (Phi) is 22.2. The highest BCUT2D eigenvalue weighted by Crippen LogP contribution is 2.15. The minimum absolute atomic E-state index is 0.391. The number of rotatable bonds is 22. The van der Waals surface area contributed by atoms with Crippen molar-refractivity contribution in [1.82, 2.24) is 0 Å². The lowest BCUT2D eigenvalue weighted by Gasteiger charge is -2.03. The van der Waals surface area contributed by atoms with Crippen LogP contribution in [0.3, 0.4) is 0 Å². The highest BCUT2D eigenvalue weighted by atomic mass is 16.5. The maximum Gasteiger partial charge on any atom is 0.183 e. The average molecular weight is 507 g/mol. The SMILES string of the molecule is CCCCCCCCCCCC1=NC(C)CO1.CCCCCCCCCCCCCC1=NC(C)CO1. The fraction of sp³-hybridized carbons (Fsp3) is 0.938. The van der Waals surface area contributed by atoms with Gasteiger partial charge in [0.25, 0.3) is 0 Å². The second kappa shape index (κ2) is 24.3. The van der Waals surface area contributed by atoms with E-state index in [9.17, 15) is 0 Å². The molecule has 0 aromatic carbocycles. The van der Waals surface area contributed by atoms with Gasteiger partial charge in [0.2, 0.25) is 0 Å². The first-order valence-corrected chi connectivity index (χ1v) is 16.0. The van der Waals surface area contributed by atoms with Crippen LogP contribution in [0.2, 0.25) is 0 Å². The van der Waals surface area contributed by atoms with Gasteiger partial charge in [-0.3, -0.25) is 0 Å². The molecule has 0 saturated carbocycles. The van der Waals surface area contributed by atoms with Gasteiger partial charge in [0, 0.05) is 12.8 Å². The molecule has 0 amide bonds. The largest absolute Gasteiger partial charge is 0.479 e. The number of nitrogens with zero attached hydrogens (tertiary/aromatic N) is 2. The van der Waals surface area contributed by atoms with Crippen LogP contribution in [0.25, 0.3) is 0 Å². The van der Waals surface area contributed by atoms with Crippen LogP contribution in [0.15, 0.2) is 9.98 Å². The molecule has 0 aliphatic carbocycles. The van der Waals surface area contributed by atoms with Crippen LogP contribution in [0.1, 0.15) is 169 Å². The van der Waals surface area contributed by atoms with Gasteiger partial charge in [0.1, 0.15) is 13.2 Å². The summed E-state index contributed by atoms with van der Waals surface area (Å²) in [4.78, 5) is 8.92. The quantitative estimate of drug-likeness (QED) is 0.137. The standard InChI is InChI=1S/C17H33NO.C15H29NO/c1-3-4-5-6-7-8-9-10-11-12-13-14-17-18-16(2)15-19-17;1-3-4-5-6-7-8-9-10-11-12-15-16-14(2)13-17-15/h16H,3-15H2,1-2H3;14H,3-13H2,1-2H3. The molecule has 0 bridgehead atoms. The van der Waals surface area contributed by atoms with E-state index >= 15 is 0 Å². The summed E-state index contributed by atoms with van der Waals surface area (Å²) in [7, 11) is 0. The molecule has 0 aromatic rings. The van der Waals surface area contributed by atoms with E-state index in [2.05, 4.69) is 37.7 Å². The van der Waals surface area contributed by atoms with Gasteiger partial charge in [-0.15, -0.1) is 0 Å². The zero-order chi connectivity index (χ0) is 26.1. The lowest BCUT2D eigenvalue weighted by molar-refractivity contribution is 0.314. The first kappa shape index (κ1) is 33.0. The maximum atomic E-state index is 5.51. The molecular formula is C32H62N2O2. The first-order valence-electron chi connectivity index (χ1n) is 16.0. The van der Waals surface area contributed by atoms with Crippen LogP contribution in [0, 0.1) is 0 Å². The van der Waals surface area contributed by atoms with E-state index in [0.717, 1.165) is 37.9 Å². The summed E-state index contributed by atoms with van der Waals surface area (Å²) in [6, 6.07) is 0.784. The van der Waals surface area contributed by atoms with E-state index in [-0.39, 0.29) is 0 Å². The van der Waals surface area contributed by atoms with Gasteiger partial charge in [-0.25, -0.2) is 9.98 Å². The molecule has 2 aliphatic rings. The maximum absolute atomic E-state index is 5.51. The Balaban J connectivity index is 0.000000362. The molecule has 0 spiro atoms. The van der Waals surface area contributed by atoms with Gasteiger partial charge in [0.15, 0.2) is 11.8 Å². The van der Waals surface area contributed by atoms with E-state index in [0.29, 0.717) is 12.1 Å². The third kappa shape index (κ3) is 20.0. The number of unbranched alkanes of at least 4 members (excludes halogenated alkanes) is 18. The van der Waals surface area contributed by atoms with Gasteiger partial charge < -0.3 is 9.47 Å². The molecule has 0 saturated heterocycles. The number of hydrogen-bond acceptors (Lipinski definition) is 4. The van der Waals surface area contributed by atoms with E-state index < -0.39 is 0 Å². The van der Waals surface area contributed by atoms with Gasteiger partial charge >= 0.3 is 0 Å². The summed E-state index contributed by atoms with van der Waals surface area (Å²) in [6.07, 6.45) is 29.9. The zero-order valence-electron chi connectivity index (χ0n) is 24.8. The second-order valence-corrected chi connectivity index (χ2v) is 11.2. The Morgan fingerprint density at radius 1 is 0.472 bits per heavy atom. The van der Waals surface area contributed by atoms with E-state index in [1.807, 2.05) is 0 Å². The van der Waals surface area contributed by atoms with Crippen molar-refractivity contribution in [2.75, 3.05) is 13.2 Å². The minimum atomic E-state index is 0.391. The Morgan fingerprint density at radius 2 is 0.750 bits per heavy atom. The summed E-state index contributed by atoms with van der Waals surface area (Å²) < 4.78 is 11.0. The average Bonchev–Trinajstić information content (AvgIpc) is 3.49. The van der Waals surface area contributed by atoms with Crippen molar-refractivity contribution >= 4 is 11.8 Å². The Bertz CT molecular complexity index is 546. The molecule has 4 heteroatoms. The predicted molar refractivity (Wildman–Crippen MR) is 159 cm³/mol. The summed E-state index contributed by atoms with van der Waals surface area (Å²) in [6.45, 7) is 10.4. The number of aliphatic imine (C=N–C) groups is 2. The van der Waals surface area contributed by atoms with Crippen molar-refractivity contribution in [2.24, 2.45) is 9.98 Å². The van der Waals surface area contributed by atoms with Crippen molar-refractivity contribution in [3.05, 3.63) is 0 Å². The fourth-order valence-corrected chi connectivity index (χ4v) is 4.88. The lowest BCUT2D eigenvalue weighted by atomic mass is 10.1. The van der Waals surface area contributed by atoms with Gasteiger partial charge in [0.05, 0.1) is 12.1 Å². The molecule has 4 nitrogen and oxygen atoms in total. The van der Waals surface area contributed by atoms with Crippen molar-refractivity contribution in [3.63, 3.8) is 0 Å². The van der Waals surface area contributed by atoms with Gasteiger partial charge in [-0.1, -0.05) is 129 Å². The van der Waals surface area contributed by atoms with Gasteiger partial charge in [-0.05, 0) is 26.7 Å². The molecule has 212 valence electrons. The van der Waals surface area contributed by atoms with E-state index in [1.165, 1.54) is 128 Å². The summed E-state index contributed by atoms with van der Waals surface area (Å²) in [5, 5.41) is 0. The highest BCUT2D eigenvalue weighted by Gasteiger charge is 2.13. The Hall–Kier alpha value is -1.06. The van der Waals surface area contributed by atoms with Crippen LogP contribution in [0.5, 0.6) is 0 Å². The molecule has 0 fully saturated rings. The minimum Gasteiger partial charge on any atom is -0.479 e. The smallest absolute Gasteiger partial charge is 0.183 e. The Morgan fingerprint density at radius 3 is 1.00 bits per heavy atom. The molecule has 2 heterocycles. The lowest BCUT2D eigenvalue weighted by Crippen LogP contribution is -2.00. The normalized spacial score (nSPS) is 18.8. The van der Waals surface area contributed by atoms with Crippen molar-refractivity contribution in [1.29, 1.82) is 0 Å². The van der Waals surface area contributed by atoms with E-state index in [4.69, 9.17) is 9.47 Å². The van der Waals surface area contributed by atoms with Crippen molar-refractivity contribution in [2.45, 2.75) is 181 Å². The Labute approximate surface area is 225 Å². The highest BCUT2D eigenvalue weighted by molar-refractivity contribution is 5.77. The molecule has 2 unspecified atom stereocenters. The molecule has 0 aromatic heterocycles. The van der Waals surface area contributed by atoms with Gasteiger partial charge in [-0.2, -0.15) is 0 Å². The monoisotopic (exact) mass is 506 g/mol. The van der Waals surface area contributed by atoms with Crippen molar-refractivity contribution in [3.8, 4) is 0 Å². The van der Waals surface area contributed by atoms with Crippen molar-refractivity contribution < 1.29 is 9.47 Å². The summed E-state index contributed by atoms with van der Waals surface area (Å²) in [5.41, 5.74) is 0. The first-order chi connectivity index (χ1) is 17.7. The molecule has 36 heavy (non-hydrogen) atoms. The third-order valence-electron chi connectivity index (χ3n) is 7.20. The van der Waals surface area contributed by atoms with Crippen LogP contribution < -0.4 is 0 Å².